The number of nitrogens with one attached hydrogen (secondary N) is 1. The maximum atomic E-state index is 12.5. The number of aryl methyl sites for hydroxylation is 2. The Morgan fingerprint density at radius 3 is 2.43 bits per heavy atom. The van der Waals surface area contributed by atoms with E-state index < -0.39 is 0 Å². The monoisotopic (exact) mass is 308 g/mol. The Bertz CT molecular complexity index is 482. The first-order valence-corrected chi connectivity index (χ1v) is 8.65. The molecule has 0 radical (unpaired) electrons. The second kappa shape index (κ2) is 6.32. The molecular formula is C15H24N4OS. The zero-order chi connectivity index (χ0) is 14.8. The molecule has 2 aliphatic heterocycles. The summed E-state index contributed by atoms with van der Waals surface area (Å²) in [5.74, 6) is 0.602. The minimum absolute atomic E-state index is 0.238. The molecule has 6 heteroatoms. The van der Waals surface area contributed by atoms with Crippen molar-refractivity contribution in [1.29, 1.82) is 0 Å². The Hall–Kier alpha value is -1.14. The number of amides is 1. The molecule has 116 valence electrons. The predicted octanol–water partition coefficient (Wildman–Crippen LogP) is 1.41. The molecule has 2 fully saturated rings. The van der Waals surface area contributed by atoms with E-state index in [1.165, 1.54) is 4.88 Å². The lowest BCUT2D eigenvalue weighted by atomic mass is 9.96. The highest BCUT2D eigenvalue weighted by Crippen LogP contribution is 2.26. The van der Waals surface area contributed by atoms with Crippen LogP contribution >= 0.6 is 11.3 Å². The molecule has 1 amide bonds. The van der Waals surface area contributed by atoms with Crippen molar-refractivity contribution in [1.82, 2.24) is 15.2 Å². The average Bonchev–Trinajstić information content (AvgIpc) is 2.87. The molecule has 0 aromatic carbocycles. The molecule has 0 saturated carbocycles. The Morgan fingerprint density at radius 1 is 1.19 bits per heavy atom. The van der Waals surface area contributed by atoms with Crippen molar-refractivity contribution in [3.63, 3.8) is 0 Å². The standard InChI is InChI=1S/C15H24N4OS/c1-11-12(2)21-15(17-11)19-9-7-18(8-10-19)14(20)13-3-5-16-6-4-13/h13,16H,3-10H2,1-2H3. The predicted molar refractivity (Wildman–Crippen MR) is 86.0 cm³/mol. The normalized spacial score (nSPS) is 20.9. The summed E-state index contributed by atoms with van der Waals surface area (Å²) in [5, 5.41) is 4.43. The number of piperidine rings is 1. The summed E-state index contributed by atoms with van der Waals surface area (Å²) in [6, 6.07) is 0. The number of hydrogen-bond donors (Lipinski definition) is 1. The van der Waals surface area contributed by atoms with Crippen LogP contribution in [0.25, 0.3) is 0 Å². The van der Waals surface area contributed by atoms with E-state index in [2.05, 4.69) is 33.9 Å². The van der Waals surface area contributed by atoms with E-state index in [1.54, 1.807) is 11.3 Å². The molecular weight excluding hydrogens is 284 g/mol. The maximum Gasteiger partial charge on any atom is 0.225 e. The maximum absolute atomic E-state index is 12.5. The number of carbonyl (C=O) groups is 1. The third-order valence-electron chi connectivity index (χ3n) is 4.57. The molecule has 2 saturated heterocycles. The van der Waals surface area contributed by atoms with Crippen LogP contribution in [0.15, 0.2) is 0 Å². The van der Waals surface area contributed by atoms with Gasteiger partial charge in [0.1, 0.15) is 0 Å². The third-order valence-corrected chi connectivity index (χ3v) is 5.70. The topological polar surface area (TPSA) is 48.5 Å². The Morgan fingerprint density at radius 2 is 1.86 bits per heavy atom. The van der Waals surface area contributed by atoms with Gasteiger partial charge in [-0.1, -0.05) is 0 Å². The van der Waals surface area contributed by atoms with E-state index in [1.807, 2.05) is 0 Å². The largest absolute Gasteiger partial charge is 0.345 e. The van der Waals surface area contributed by atoms with Crippen molar-refractivity contribution < 1.29 is 4.79 Å². The molecule has 1 N–H and O–H groups in total. The van der Waals surface area contributed by atoms with Gasteiger partial charge in [0, 0.05) is 37.0 Å². The van der Waals surface area contributed by atoms with E-state index >= 15 is 0 Å². The quantitative estimate of drug-likeness (QED) is 0.897. The molecule has 21 heavy (non-hydrogen) atoms. The minimum Gasteiger partial charge on any atom is -0.345 e. The summed E-state index contributed by atoms with van der Waals surface area (Å²) in [6.45, 7) is 9.62. The Kier molecular flexibility index (Phi) is 4.45. The molecule has 1 aromatic heterocycles. The van der Waals surface area contributed by atoms with Crippen LogP contribution in [0.3, 0.4) is 0 Å². The van der Waals surface area contributed by atoms with Gasteiger partial charge in [0.25, 0.3) is 0 Å². The molecule has 0 spiro atoms. The summed E-state index contributed by atoms with van der Waals surface area (Å²) >= 11 is 1.76. The van der Waals surface area contributed by atoms with Gasteiger partial charge in [0.2, 0.25) is 5.91 Å². The highest BCUT2D eigenvalue weighted by molar-refractivity contribution is 7.15. The van der Waals surface area contributed by atoms with Gasteiger partial charge >= 0.3 is 0 Å². The van der Waals surface area contributed by atoms with E-state index in [0.29, 0.717) is 5.91 Å². The van der Waals surface area contributed by atoms with Crippen LogP contribution in [0.4, 0.5) is 5.13 Å². The summed E-state index contributed by atoms with van der Waals surface area (Å²) in [5.41, 5.74) is 1.13. The molecule has 1 aromatic rings. The zero-order valence-corrected chi connectivity index (χ0v) is 13.7. The number of aromatic nitrogens is 1. The van der Waals surface area contributed by atoms with Gasteiger partial charge in [-0.05, 0) is 39.8 Å². The van der Waals surface area contributed by atoms with Gasteiger partial charge in [0.15, 0.2) is 5.13 Å². The number of hydrogen-bond acceptors (Lipinski definition) is 5. The molecule has 0 aliphatic carbocycles. The molecule has 0 bridgehead atoms. The number of rotatable bonds is 2. The van der Waals surface area contributed by atoms with Crippen LogP contribution in [0, 0.1) is 19.8 Å². The summed E-state index contributed by atoms with van der Waals surface area (Å²) in [6.07, 6.45) is 1.98. The van der Waals surface area contributed by atoms with E-state index in [9.17, 15) is 4.79 Å². The molecule has 3 rings (SSSR count). The van der Waals surface area contributed by atoms with E-state index in [-0.39, 0.29) is 5.92 Å². The average molecular weight is 308 g/mol. The van der Waals surface area contributed by atoms with Crippen molar-refractivity contribution in [3.05, 3.63) is 10.6 Å². The second-order valence-electron chi connectivity index (χ2n) is 5.97. The van der Waals surface area contributed by atoms with E-state index in [4.69, 9.17) is 0 Å². The van der Waals surface area contributed by atoms with Gasteiger partial charge in [-0.3, -0.25) is 4.79 Å². The number of thiazole rings is 1. The summed E-state index contributed by atoms with van der Waals surface area (Å²) < 4.78 is 0. The Labute approximate surface area is 130 Å². The first kappa shape index (κ1) is 14.8. The van der Waals surface area contributed by atoms with Crippen LogP contribution in [0.1, 0.15) is 23.4 Å². The number of anilines is 1. The first-order valence-electron chi connectivity index (χ1n) is 7.83. The third kappa shape index (κ3) is 3.21. The lowest BCUT2D eigenvalue weighted by molar-refractivity contribution is -0.136. The van der Waals surface area contributed by atoms with Gasteiger partial charge in [-0.25, -0.2) is 4.98 Å². The van der Waals surface area contributed by atoms with Crippen LogP contribution < -0.4 is 10.2 Å². The van der Waals surface area contributed by atoms with Gasteiger partial charge < -0.3 is 15.1 Å². The van der Waals surface area contributed by atoms with Crippen molar-refractivity contribution in [2.24, 2.45) is 5.92 Å². The van der Waals surface area contributed by atoms with Gasteiger partial charge in [-0.2, -0.15) is 0 Å². The highest BCUT2D eigenvalue weighted by atomic mass is 32.1. The van der Waals surface area contributed by atoms with Gasteiger partial charge in [-0.15, -0.1) is 11.3 Å². The SMILES string of the molecule is Cc1nc(N2CCN(C(=O)C3CCNCC3)CC2)sc1C. The zero-order valence-electron chi connectivity index (χ0n) is 12.9. The fourth-order valence-electron chi connectivity index (χ4n) is 3.04. The lowest BCUT2D eigenvalue weighted by Crippen LogP contribution is -2.51. The van der Waals surface area contributed by atoms with Gasteiger partial charge in [0.05, 0.1) is 5.69 Å². The Balaban J connectivity index is 1.56. The molecule has 0 unspecified atom stereocenters. The fraction of sp³-hybridized carbons (Fsp3) is 0.733. The number of carbonyl (C=O) groups excluding carboxylic acids is 1. The van der Waals surface area contributed by atoms with E-state index in [0.717, 1.165) is 62.9 Å². The molecule has 0 atom stereocenters. The van der Waals surface area contributed by atoms with Crippen LogP contribution in [0.5, 0.6) is 0 Å². The molecule has 2 aliphatic rings. The van der Waals surface area contributed by atoms with Crippen LogP contribution in [-0.4, -0.2) is 55.1 Å². The van der Waals surface area contributed by atoms with Crippen molar-refractivity contribution in [2.75, 3.05) is 44.2 Å². The van der Waals surface area contributed by atoms with Crippen LogP contribution in [-0.2, 0) is 4.79 Å². The highest BCUT2D eigenvalue weighted by Gasteiger charge is 2.29. The summed E-state index contributed by atoms with van der Waals surface area (Å²) in [7, 11) is 0. The molecule has 3 heterocycles. The lowest BCUT2D eigenvalue weighted by Gasteiger charge is -2.37. The fourth-order valence-corrected chi connectivity index (χ4v) is 4.00. The van der Waals surface area contributed by atoms with Crippen molar-refractivity contribution >= 4 is 22.4 Å². The first-order chi connectivity index (χ1) is 10.1. The van der Waals surface area contributed by atoms with Crippen LogP contribution in [0.2, 0.25) is 0 Å². The van der Waals surface area contributed by atoms with Crippen molar-refractivity contribution in [2.45, 2.75) is 26.7 Å². The summed E-state index contributed by atoms with van der Waals surface area (Å²) in [4.78, 5) is 22.8. The smallest absolute Gasteiger partial charge is 0.225 e. The van der Waals surface area contributed by atoms with Crippen molar-refractivity contribution in [3.8, 4) is 0 Å². The molecule has 5 nitrogen and oxygen atoms in total. The minimum atomic E-state index is 0.238. The number of nitrogens with zero attached hydrogens (tertiary/aromatic N) is 3. The number of piperazine rings is 1. The second-order valence-corrected chi connectivity index (χ2v) is 7.16.